The molecule has 1 aromatic carbocycles. The average molecular weight is 540 g/mol. The van der Waals surface area contributed by atoms with Gasteiger partial charge in [-0.05, 0) is 51.4 Å². The largest absolute Gasteiger partial charge is 0.488 e. The van der Waals surface area contributed by atoms with E-state index in [1.165, 1.54) is 4.68 Å². The molecule has 0 fully saturated rings. The Morgan fingerprint density at radius 3 is 2.30 bits per heavy atom. The average Bonchev–Trinajstić information content (AvgIpc) is 3.29. The van der Waals surface area contributed by atoms with E-state index in [2.05, 4.69) is 21.0 Å². The molecule has 0 aliphatic rings. The molecule has 1 heterocycles. The molecule has 0 bridgehead atoms. The Hall–Kier alpha value is -2.56. The first kappa shape index (κ1) is 36.6. The van der Waals surface area contributed by atoms with Crippen LogP contribution in [-0.2, 0) is 11.8 Å². The summed E-state index contributed by atoms with van der Waals surface area (Å²) in [6.07, 6.45) is 2.82. The number of allylic oxidation sites excluding steroid dienone is 1. The zero-order valence-electron chi connectivity index (χ0n) is 24.6. The lowest BCUT2D eigenvalue weighted by molar-refractivity contribution is -0.114. The van der Waals surface area contributed by atoms with Crippen molar-refractivity contribution in [2.75, 3.05) is 40.1 Å². The standard InChI is InChI=1S/C21H31N5O4S.3C2H6/c1-14(23-3)18(31-5)11-30-15-6-7-17-16(10-15)19(26(4)25-17)20(29)24-21(12-27,13-28)8-9-22-2;3*1-2/h6-7,10,12,22-23,28H,8-9,11,13H2,1-5H3,(H,24,29);3*1-2H3/b18-14-;;;. The molecule has 0 radical (unpaired) electrons. The molecule has 1 unspecified atom stereocenters. The highest BCUT2D eigenvalue weighted by Gasteiger charge is 2.32. The van der Waals surface area contributed by atoms with E-state index in [1.807, 2.05) is 61.8 Å². The van der Waals surface area contributed by atoms with Gasteiger partial charge in [-0.2, -0.15) is 5.10 Å². The maximum absolute atomic E-state index is 13.1. The number of aromatic nitrogens is 2. The zero-order chi connectivity index (χ0) is 29.0. The quantitative estimate of drug-likeness (QED) is 0.298. The number of aldehydes is 1. The fraction of sp³-hybridized carbons (Fsp3) is 0.593. The van der Waals surface area contributed by atoms with E-state index in [4.69, 9.17) is 4.74 Å². The second kappa shape index (κ2) is 20.5. The highest BCUT2D eigenvalue weighted by atomic mass is 32.2. The Morgan fingerprint density at radius 2 is 1.81 bits per heavy atom. The molecule has 1 amide bonds. The molecule has 10 heteroatoms. The molecule has 9 nitrogen and oxygen atoms in total. The number of rotatable bonds is 12. The normalized spacial score (nSPS) is 12.2. The lowest BCUT2D eigenvalue weighted by Gasteiger charge is -2.27. The number of nitrogens with zero attached hydrogens (tertiary/aromatic N) is 2. The lowest BCUT2D eigenvalue weighted by Crippen LogP contribution is -2.54. The molecule has 2 rings (SSSR count). The van der Waals surface area contributed by atoms with Crippen molar-refractivity contribution in [1.29, 1.82) is 0 Å². The van der Waals surface area contributed by atoms with Crippen molar-refractivity contribution >= 4 is 34.9 Å². The Bertz CT molecular complexity index is 962. The number of ether oxygens (including phenoxy) is 1. The molecule has 37 heavy (non-hydrogen) atoms. The van der Waals surface area contributed by atoms with Gasteiger partial charge in [0.1, 0.15) is 29.9 Å². The number of benzene rings is 1. The predicted molar refractivity (Wildman–Crippen MR) is 157 cm³/mol. The van der Waals surface area contributed by atoms with E-state index >= 15 is 0 Å². The van der Waals surface area contributed by atoms with Crippen LogP contribution in [-0.4, -0.2) is 72.7 Å². The third-order valence-corrected chi connectivity index (χ3v) is 6.04. The molecular weight excluding hydrogens is 490 g/mol. The van der Waals surface area contributed by atoms with Crippen LogP contribution >= 0.6 is 11.8 Å². The first-order valence-electron chi connectivity index (χ1n) is 12.9. The summed E-state index contributed by atoms with van der Waals surface area (Å²) in [6.45, 7) is 14.3. The summed E-state index contributed by atoms with van der Waals surface area (Å²) in [5, 5.41) is 23.5. The number of amides is 1. The van der Waals surface area contributed by atoms with Crippen molar-refractivity contribution in [1.82, 2.24) is 25.7 Å². The highest BCUT2D eigenvalue weighted by molar-refractivity contribution is 8.02. The molecule has 2 aromatic rings. The first-order chi connectivity index (χ1) is 17.8. The Balaban J connectivity index is 0. The number of aliphatic hydroxyl groups is 1. The van der Waals surface area contributed by atoms with E-state index in [1.54, 1.807) is 44.1 Å². The molecule has 0 saturated carbocycles. The molecule has 0 spiro atoms. The third-order valence-electron chi connectivity index (χ3n) is 5.12. The number of carbonyl (C=O) groups is 2. The van der Waals surface area contributed by atoms with Crippen LogP contribution in [0.4, 0.5) is 0 Å². The van der Waals surface area contributed by atoms with E-state index in [-0.39, 0.29) is 12.1 Å². The summed E-state index contributed by atoms with van der Waals surface area (Å²) >= 11 is 1.61. The number of fused-ring (bicyclic) bond motifs is 1. The van der Waals surface area contributed by atoms with Gasteiger partial charge in [-0.3, -0.25) is 9.48 Å². The van der Waals surface area contributed by atoms with Crippen LogP contribution in [0.2, 0.25) is 0 Å². The van der Waals surface area contributed by atoms with Gasteiger partial charge in [-0.1, -0.05) is 41.5 Å². The summed E-state index contributed by atoms with van der Waals surface area (Å²) < 4.78 is 7.40. The summed E-state index contributed by atoms with van der Waals surface area (Å²) in [4.78, 5) is 25.8. The molecule has 212 valence electrons. The fourth-order valence-electron chi connectivity index (χ4n) is 3.09. The van der Waals surface area contributed by atoms with Gasteiger partial charge in [0.2, 0.25) is 0 Å². The zero-order valence-corrected chi connectivity index (χ0v) is 25.4. The van der Waals surface area contributed by atoms with Gasteiger partial charge in [0.05, 0.1) is 12.1 Å². The van der Waals surface area contributed by atoms with Gasteiger partial charge in [0.25, 0.3) is 5.91 Å². The number of nitrogens with one attached hydrogen (secondary N) is 3. The summed E-state index contributed by atoms with van der Waals surface area (Å²) in [6, 6.07) is 5.36. The minimum Gasteiger partial charge on any atom is -0.488 e. The topological polar surface area (TPSA) is 118 Å². The second-order valence-corrected chi connectivity index (χ2v) is 8.08. The molecule has 0 saturated heterocycles. The Morgan fingerprint density at radius 1 is 1.19 bits per heavy atom. The number of aliphatic hydroxyl groups excluding tert-OH is 1. The van der Waals surface area contributed by atoms with Crippen molar-refractivity contribution in [2.24, 2.45) is 7.05 Å². The fourth-order valence-corrected chi connectivity index (χ4v) is 3.67. The predicted octanol–water partition coefficient (Wildman–Crippen LogP) is 4.11. The number of thioether (sulfide) groups is 1. The van der Waals surface area contributed by atoms with Gasteiger partial charge in [0, 0.05) is 30.1 Å². The van der Waals surface area contributed by atoms with Gasteiger partial charge in [0.15, 0.2) is 0 Å². The first-order valence-corrected chi connectivity index (χ1v) is 14.1. The minimum atomic E-state index is -1.37. The minimum absolute atomic E-state index is 0.258. The van der Waals surface area contributed by atoms with Gasteiger partial charge < -0.3 is 30.6 Å². The van der Waals surface area contributed by atoms with Crippen LogP contribution in [0.5, 0.6) is 5.75 Å². The number of carbonyl (C=O) groups excluding carboxylic acids is 2. The van der Waals surface area contributed by atoms with Crippen LogP contribution in [0.1, 0.15) is 65.4 Å². The lowest BCUT2D eigenvalue weighted by atomic mass is 9.97. The number of hydrogen-bond donors (Lipinski definition) is 4. The monoisotopic (exact) mass is 539 g/mol. The maximum atomic E-state index is 13.1. The van der Waals surface area contributed by atoms with Crippen LogP contribution in [0.3, 0.4) is 0 Å². The molecule has 1 atom stereocenters. The summed E-state index contributed by atoms with van der Waals surface area (Å²) in [5.41, 5.74) is 0.582. The molecule has 0 aliphatic heterocycles. The van der Waals surface area contributed by atoms with Gasteiger partial charge >= 0.3 is 0 Å². The maximum Gasteiger partial charge on any atom is 0.271 e. The molecule has 1 aromatic heterocycles. The van der Waals surface area contributed by atoms with Crippen molar-refractivity contribution < 1.29 is 19.4 Å². The number of hydrogen-bond acceptors (Lipinski definition) is 8. The Labute approximate surface area is 227 Å². The Kier molecular flexibility index (Phi) is 20.3. The van der Waals surface area contributed by atoms with Crippen molar-refractivity contribution in [3.05, 3.63) is 34.5 Å². The van der Waals surface area contributed by atoms with Gasteiger partial charge in [-0.15, -0.1) is 11.8 Å². The third kappa shape index (κ3) is 10.8. The summed E-state index contributed by atoms with van der Waals surface area (Å²) in [7, 11) is 5.26. The van der Waals surface area contributed by atoms with Crippen LogP contribution in [0, 0.1) is 0 Å². The SMILES string of the molecule is CC.CC.CC.CNCCC(C=O)(CO)NC(=O)c1c2cc(OC/C(SC)=C(\C)NC)ccc2nn1C. The smallest absolute Gasteiger partial charge is 0.271 e. The van der Waals surface area contributed by atoms with Gasteiger partial charge in [-0.25, -0.2) is 0 Å². The summed E-state index contributed by atoms with van der Waals surface area (Å²) in [5.74, 6) is 0.110. The van der Waals surface area contributed by atoms with E-state index in [0.717, 1.165) is 10.6 Å². The van der Waals surface area contributed by atoms with E-state index in [0.29, 0.717) is 36.1 Å². The van der Waals surface area contributed by atoms with E-state index in [9.17, 15) is 14.7 Å². The van der Waals surface area contributed by atoms with E-state index < -0.39 is 18.1 Å². The van der Waals surface area contributed by atoms with Crippen molar-refractivity contribution in [3.63, 3.8) is 0 Å². The van der Waals surface area contributed by atoms with Crippen molar-refractivity contribution in [2.45, 2.75) is 60.4 Å². The number of aryl methyl sites for hydroxylation is 1. The molecule has 4 N–H and O–H groups in total. The van der Waals surface area contributed by atoms with Crippen molar-refractivity contribution in [3.8, 4) is 5.75 Å². The highest BCUT2D eigenvalue weighted by Crippen LogP contribution is 2.25. The van der Waals surface area contributed by atoms with Crippen LogP contribution in [0.25, 0.3) is 10.9 Å². The van der Waals surface area contributed by atoms with Crippen LogP contribution in [0.15, 0.2) is 28.8 Å². The second-order valence-electron chi connectivity index (χ2n) is 7.18. The molecular formula is C27H49N5O4S. The molecule has 0 aliphatic carbocycles. The van der Waals surface area contributed by atoms with Crippen LogP contribution < -0.4 is 20.7 Å².